The fourth-order valence-electron chi connectivity index (χ4n) is 2.85. The van der Waals surface area contributed by atoms with Gasteiger partial charge in [0.2, 0.25) is 16.0 Å². The Bertz CT molecular complexity index is 783. The molecule has 1 aliphatic carbocycles. The molecule has 0 radical (unpaired) electrons. The molecule has 3 unspecified atom stereocenters. The van der Waals surface area contributed by atoms with Gasteiger partial charge in [0, 0.05) is 3.92 Å². The van der Waals surface area contributed by atoms with Crippen LogP contribution in [0, 0.1) is 19.8 Å². The van der Waals surface area contributed by atoms with Crippen LogP contribution in [0.25, 0.3) is 0 Å². The van der Waals surface area contributed by atoms with E-state index >= 15 is 0 Å². The fourth-order valence-corrected chi connectivity index (χ4v) is 5.73. The number of ether oxygens (including phenoxy) is 1. The number of urea groups is 1. The first-order valence-electron chi connectivity index (χ1n) is 7.86. The molecule has 1 saturated carbocycles. The molecule has 10 nitrogen and oxygen atoms in total. The molecular weight excluding hydrogens is 477 g/mol. The summed E-state index contributed by atoms with van der Waals surface area (Å²) in [7, 11) is -2.88. The number of hydrogen-bond donors (Lipinski definition) is 2. The van der Waals surface area contributed by atoms with Gasteiger partial charge in [-0.15, -0.1) is 0 Å². The Hall–Kier alpha value is -1.57. The van der Waals surface area contributed by atoms with Crippen LogP contribution in [0.5, 0.6) is 0 Å². The third-order valence-corrected chi connectivity index (χ3v) is 6.87. The quantitative estimate of drug-likeness (QED) is 0.358. The summed E-state index contributed by atoms with van der Waals surface area (Å²) in [5.74, 6) is -0.670. The lowest BCUT2D eigenvalue weighted by molar-refractivity contribution is -0.146. The standard InChI is InChI=1S/C14H20IN5O5S/c1-7-16-8(2)18-13(17-7)19-14(22)20-26(23,24)11-6-9(15)4-5-10(11)12(21)25-3/h9-11H,4-6H2,1-3H3,(H2,16,17,18,19,20,22). The fraction of sp³-hybridized carbons (Fsp3) is 0.643. The van der Waals surface area contributed by atoms with Crippen LogP contribution in [-0.4, -0.2) is 51.7 Å². The van der Waals surface area contributed by atoms with Crippen LogP contribution in [-0.2, 0) is 19.6 Å². The summed E-state index contributed by atoms with van der Waals surface area (Å²) in [5.41, 5.74) is 0. The summed E-state index contributed by atoms with van der Waals surface area (Å²) in [6.45, 7) is 3.25. The number of methoxy groups -OCH3 is 1. The number of halogens is 1. The summed E-state index contributed by atoms with van der Waals surface area (Å²) in [6, 6.07) is -0.991. The van der Waals surface area contributed by atoms with Crippen LogP contribution in [0.3, 0.4) is 0 Å². The Morgan fingerprint density at radius 2 is 1.77 bits per heavy atom. The molecular formula is C14H20IN5O5S. The van der Waals surface area contributed by atoms with Crippen molar-refractivity contribution in [1.82, 2.24) is 19.7 Å². The third-order valence-electron chi connectivity index (χ3n) is 3.95. The van der Waals surface area contributed by atoms with E-state index in [9.17, 15) is 18.0 Å². The van der Waals surface area contributed by atoms with Gasteiger partial charge in [-0.1, -0.05) is 22.6 Å². The Balaban J connectivity index is 2.14. The number of hydrogen-bond acceptors (Lipinski definition) is 8. The monoisotopic (exact) mass is 497 g/mol. The minimum atomic E-state index is -4.10. The molecule has 12 heteroatoms. The SMILES string of the molecule is COC(=O)C1CCC(I)CC1S(=O)(=O)NC(=O)Nc1nc(C)nc(C)n1. The largest absolute Gasteiger partial charge is 0.469 e. The van der Waals surface area contributed by atoms with Gasteiger partial charge in [0.15, 0.2) is 0 Å². The summed E-state index contributed by atoms with van der Waals surface area (Å²) in [5, 5.41) is 1.24. The van der Waals surface area contributed by atoms with E-state index < -0.39 is 33.2 Å². The molecule has 144 valence electrons. The highest BCUT2D eigenvalue weighted by molar-refractivity contribution is 14.1. The molecule has 3 atom stereocenters. The van der Waals surface area contributed by atoms with Crippen molar-refractivity contribution in [3.05, 3.63) is 11.6 Å². The molecule has 1 heterocycles. The topological polar surface area (TPSA) is 140 Å². The van der Waals surface area contributed by atoms with Crippen molar-refractivity contribution in [3.8, 4) is 0 Å². The van der Waals surface area contributed by atoms with Crippen LogP contribution >= 0.6 is 22.6 Å². The molecule has 0 saturated heterocycles. The molecule has 2 N–H and O–H groups in total. The summed E-state index contributed by atoms with van der Waals surface area (Å²) in [4.78, 5) is 35.9. The molecule has 0 aliphatic heterocycles. The van der Waals surface area contributed by atoms with E-state index in [-0.39, 0.29) is 16.3 Å². The van der Waals surface area contributed by atoms with E-state index in [0.29, 0.717) is 24.5 Å². The van der Waals surface area contributed by atoms with E-state index in [2.05, 4.69) is 42.9 Å². The van der Waals surface area contributed by atoms with Crippen molar-refractivity contribution in [2.45, 2.75) is 42.3 Å². The number of alkyl halides is 1. The molecule has 0 spiro atoms. The van der Waals surface area contributed by atoms with Gasteiger partial charge in [0.25, 0.3) is 0 Å². The molecule has 2 rings (SSSR count). The second-order valence-corrected chi connectivity index (χ2v) is 9.59. The maximum absolute atomic E-state index is 12.7. The zero-order valence-electron chi connectivity index (χ0n) is 14.5. The lowest BCUT2D eigenvalue weighted by Gasteiger charge is -2.31. The summed E-state index contributed by atoms with van der Waals surface area (Å²) in [6.07, 6.45) is 1.36. The van der Waals surface area contributed by atoms with Gasteiger partial charge in [0.05, 0.1) is 18.3 Å². The number of nitrogens with zero attached hydrogens (tertiary/aromatic N) is 3. The Morgan fingerprint density at radius 1 is 1.15 bits per heavy atom. The average molecular weight is 497 g/mol. The first-order chi connectivity index (χ1) is 12.1. The number of nitrogens with one attached hydrogen (secondary N) is 2. The smallest absolute Gasteiger partial charge is 0.335 e. The molecule has 1 fully saturated rings. The van der Waals surface area contributed by atoms with Gasteiger partial charge < -0.3 is 4.74 Å². The highest BCUT2D eigenvalue weighted by atomic mass is 127. The van der Waals surface area contributed by atoms with Gasteiger partial charge in [-0.25, -0.2) is 22.9 Å². The van der Waals surface area contributed by atoms with E-state index in [4.69, 9.17) is 4.74 Å². The molecule has 26 heavy (non-hydrogen) atoms. The Labute approximate surface area is 165 Å². The van der Waals surface area contributed by atoms with Gasteiger partial charge in [-0.3, -0.25) is 10.1 Å². The number of rotatable bonds is 4. The van der Waals surface area contributed by atoms with E-state index in [1.165, 1.54) is 7.11 Å². The van der Waals surface area contributed by atoms with Crippen LogP contribution in [0.1, 0.15) is 30.9 Å². The van der Waals surface area contributed by atoms with Gasteiger partial charge in [0.1, 0.15) is 11.6 Å². The van der Waals surface area contributed by atoms with Gasteiger partial charge in [-0.05, 0) is 33.1 Å². The van der Waals surface area contributed by atoms with Crippen molar-refractivity contribution in [2.75, 3.05) is 12.4 Å². The number of carbonyl (C=O) groups excluding carboxylic acids is 2. The molecule has 1 aromatic rings. The number of carbonyl (C=O) groups is 2. The van der Waals surface area contributed by atoms with Crippen LogP contribution < -0.4 is 10.0 Å². The minimum absolute atomic E-state index is 0.0531. The number of aromatic nitrogens is 3. The van der Waals surface area contributed by atoms with Crippen molar-refractivity contribution in [2.24, 2.45) is 5.92 Å². The van der Waals surface area contributed by atoms with E-state index in [0.717, 1.165) is 0 Å². The summed E-state index contributed by atoms with van der Waals surface area (Å²) < 4.78 is 32.1. The van der Waals surface area contributed by atoms with E-state index in [1.807, 2.05) is 4.72 Å². The maximum Gasteiger partial charge on any atom is 0.335 e. The average Bonchev–Trinajstić information content (AvgIpc) is 2.52. The second-order valence-electron chi connectivity index (χ2n) is 5.93. The van der Waals surface area contributed by atoms with Crippen LogP contribution in [0.15, 0.2) is 0 Å². The second kappa shape index (κ2) is 8.41. The summed E-state index contributed by atoms with van der Waals surface area (Å²) >= 11 is 2.15. The van der Waals surface area contributed by atoms with Crippen molar-refractivity contribution in [3.63, 3.8) is 0 Å². The van der Waals surface area contributed by atoms with Crippen LogP contribution in [0.4, 0.5) is 10.7 Å². The molecule has 1 aromatic heterocycles. The molecule has 0 aromatic carbocycles. The number of esters is 1. The number of sulfonamides is 1. The first kappa shape index (κ1) is 20.7. The van der Waals surface area contributed by atoms with Crippen molar-refractivity contribution in [1.29, 1.82) is 0 Å². The Kier molecular flexibility index (Phi) is 6.71. The zero-order valence-corrected chi connectivity index (χ0v) is 17.5. The molecule has 1 aliphatic rings. The van der Waals surface area contributed by atoms with Crippen LogP contribution in [0.2, 0.25) is 0 Å². The Morgan fingerprint density at radius 3 is 2.35 bits per heavy atom. The number of aryl methyl sites for hydroxylation is 2. The van der Waals surface area contributed by atoms with Gasteiger partial charge in [-0.2, -0.15) is 9.97 Å². The maximum atomic E-state index is 12.7. The highest BCUT2D eigenvalue weighted by Crippen LogP contribution is 2.34. The predicted octanol–water partition coefficient (Wildman–Crippen LogP) is 1.09. The zero-order chi connectivity index (χ0) is 19.5. The molecule has 0 bridgehead atoms. The van der Waals surface area contributed by atoms with Crippen molar-refractivity contribution < 1.29 is 22.7 Å². The lowest BCUT2D eigenvalue weighted by Crippen LogP contribution is -2.48. The van der Waals surface area contributed by atoms with Crippen molar-refractivity contribution >= 4 is 50.6 Å². The van der Waals surface area contributed by atoms with E-state index in [1.54, 1.807) is 13.8 Å². The lowest BCUT2D eigenvalue weighted by atomic mass is 9.89. The third kappa shape index (κ3) is 5.22. The number of amides is 2. The molecule has 2 amide bonds. The highest BCUT2D eigenvalue weighted by Gasteiger charge is 2.43. The minimum Gasteiger partial charge on any atom is -0.469 e. The van der Waals surface area contributed by atoms with Gasteiger partial charge >= 0.3 is 12.0 Å². The normalized spacial score (nSPS) is 23.2. The predicted molar refractivity (Wildman–Crippen MR) is 101 cm³/mol. The number of anilines is 1. The first-order valence-corrected chi connectivity index (χ1v) is 10.7.